The first-order valence-electron chi connectivity index (χ1n) is 11.3. The first-order valence-corrected chi connectivity index (χ1v) is 12.8. The van der Waals surface area contributed by atoms with E-state index in [1.807, 2.05) is 6.92 Å². The molecular formula is C23H28N6O6S. The molecule has 3 heterocycles. The Balaban J connectivity index is 1.62. The van der Waals surface area contributed by atoms with Crippen LogP contribution in [-0.4, -0.2) is 58.1 Å². The molecule has 0 aliphatic carbocycles. The number of hydrazine groups is 1. The molecule has 2 N–H and O–H groups in total. The smallest absolute Gasteiger partial charge is 0.407 e. The number of pyridine rings is 1. The zero-order valence-electron chi connectivity index (χ0n) is 20.4. The second-order valence-corrected chi connectivity index (χ2v) is 11.4. The van der Waals surface area contributed by atoms with Crippen molar-refractivity contribution in [1.82, 2.24) is 19.3 Å². The van der Waals surface area contributed by atoms with Crippen molar-refractivity contribution in [2.45, 2.75) is 50.7 Å². The maximum atomic E-state index is 13.2. The van der Waals surface area contributed by atoms with Crippen molar-refractivity contribution in [2.75, 3.05) is 18.5 Å². The third kappa shape index (κ3) is 5.26. The van der Waals surface area contributed by atoms with Crippen molar-refractivity contribution in [3.8, 4) is 0 Å². The number of hydrogen-bond donors (Lipinski definition) is 2. The second-order valence-electron chi connectivity index (χ2n) is 9.63. The number of carbonyl (C=O) groups excluding carboxylic acids is 1. The molecule has 1 saturated heterocycles. The van der Waals surface area contributed by atoms with Gasteiger partial charge < -0.3 is 15.5 Å². The van der Waals surface area contributed by atoms with Crippen LogP contribution < -0.4 is 10.7 Å². The highest BCUT2D eigenvalue weighted by atomic mass is 32.2. The van der Waals surface area contributed by atoms with Gasteiger partial charge >= 0.3 is 11.8 Å². The van der Waals surface area contributed by atoms with Crippen LogP contribution in [0.5, 0.6) is 0 Å². The van der Waals surface area contributed by atoms with Gasteiger partial charge in [0.25, 0.3) is 10.0 Å². The van der Waals surface area contributed by atoms with Crippen LogP contribution in [0.4, 0.5) is 16.2 Å². The normalized spacial score (nSPS) is 16.7. The topological polar surface area (TPSA) is 149 Å². The minimum atomic E-state index is -3.97. The number of aryl methyl sites for hydroxylation is 1. The summed E-state index contributed by atoms with van der Waals surface area (Å²) in [5.41, 5.74) is 3.23. The van der Waals surface area contributed by atoms with Crippen molar-refractivity contribution in [3.63, 3.8) is 0 Å². The molecule has 1 amide bonds. The molecule has 3 aromatic rings. The van der Waals surface area contributed by atoms with Crippen molar-refractivity contribution in [2.24, 2.45) is 0 Å². The zero-order valence-corrected chi connectivity index (χ0v) is 21.2. The van der Waals surface area contributed by atoms with E-state index >= 15 is 0 Å². The fourth-order valence-corrected chi connectivity index (χ4v) is 5.24. The van der Waals surface area contributed by atoms with E-state index in [-0.39, 0.29) is 33.3 Å². The van der Waals surface area contributed by atoms with E-state index in [2.05, 4.69) is 15.7 Å². The summed E-state index contributed by atoms with van der Waals surface area (Å²) in [5.74, 6) is 0. The third-order valence-electron chi connectivity index (χ3n) is 5.61. The first-order chi connectivity index (χ1) is 16.8. The van der Waals surface area contributed by atoms with E-state index in [4.69, 9.17) is 4.74 Å². The zero-order chi connectivity index (χ0) is 26.3. The summed E-state index contributed by atoms with van der Waals surface area (Å²) in [4.78, 5) is 27.5. The van der Waals surface area contributed by atoms with Gasteiger partial charge in [0.2, 0.25) is 0 Å². The number of fused-ring (bicyclic) bond motifs is 1. The highest BCUT2D eigenvalue weighted by Gasteiger charge is 2.30. The summed E-state index contributed by atoms with van der Waals surface area (Å²) in [6, 6.07) is 7.65. The lowest BCUT2D eigenvalue weighted by Crippen LogP contribution is -2.41. The molecule has 0 bridgehead atoms. The van der Waals surface area contributed by atoms with Crippen molar-refractivity contribution >= 4 is 38.5 Å². The van der Waals surface area contributed by atoms with Crippen LogP contribution in [0.3, 0.4) is 0 Å². The number of nitro groups is 1. The number of nitrogens with one attached hydrogen (secondary N) is 2. The maximum Gasteiger partial charge on any atom is 0.407 e. The average Bonchev–Trinajstić information content (AvgIpc) is 3.40. The number of hydrogen-bond acceptors (Lipinski definition) is 9. The van der Waals surface area contributed by atoms with Gasteiger partial charge in [-0.15, -0.1) is 0 Å². The van der Waals surface area contributed by atoms with Crippen molar-refractivity contribution < 1.29 is 22.9 Å². The number of aromatic nitrogens is 2. The lowest BCUT2D eigenvalue weighted by atomic mass is 10.2. The summed E-state index contributed by atoms with van der Waals surface area (Å²) in [6.45, 7) is 8.02. The SMILES string of the molecule is Cc1ccc(S(=O)(=O)n2ccc3c(NN4CC[C@@H](NC(=O)OC(C)(C)C)C4)c([N+](=O)[O-])cnc32)cc1. The Morgan fingerprint density at radius 1 is 1.22 bits per heavy atom. The summed E-state index contributed by atoms with van der Waals surface area (Å²) in [5, 5.41) is 16.6. The standard InChI is InChI=1S/C23H28N6O6S/c1-15-5-7-17(8-6-15)36(33,34)28-12-10-18-20(19(29(31)32)13-24-21(18)28)26-27-11-9-16(14-27)25-22(30)35-23(2,3)4/h5-8,10,12-13,16H,9,11,14H2,1-4H3,(H,24,26)(H,25,30)/t16-/m1/s1. The van der Waals surface area contributed by atoms with Crippen LogP contribution in [0.1, 0.15) is 32.8 Å². The van der Waals surface area contributed by atoms with E-state index in [9.17, 15) is 23.3 Å². The molecule has 192 valence electrons. The molecule has 1 aliphatic rings. The number of benzene rings is 1. The minimum absolute atomic E-state index is 0.0614. The molecule has 1 fully saturated rings. The highest BCUT2D eigenvalue weighted by Crippen LogP contribution is 2.34. The molecule has 1 atom stereocenters. The molecule has 0 saturated carbocycles. The van der Waals surface area contributed by atoms with Gasteiger partial charge in [-0.2, -0.15) is 0 Å². The molecule has 12 nitrogen and oxygen atoms in total. The molecule has 0 spiro atoms. The molecule has 36 heavy (non-hydrogen) atoms. The predicted molar refractivity (Wildman–Crippen MR) is 133 cm³/mol. The predicted octanol–water partition coefficient (Wildman–Crippen LogP) is 3.42. The Morgan fingerprint density at radius 2 is 1.92 bits per heavy atom. The van der Waals surface area contributed by atoms with Crippen LogP contribution in [-0.2, 0) is 14.8 Å². The molecule has 13 heteroatoms. The molecule has 1 aromatic carbocycles. The molecule has 0 unspecified atom stereocenters. The summed E-state index contributed by atoms with van der Waals surface area (Å²) in [7, 11) is -3.97. The average molecular weight is 517 g/mol. The first kappa shape index (κ1) is 25.4. The lowest BCUT2D eigenvalue weighted by molar-refractivity contribution is -0.384. The van der Waals surface area contributed by atoms with E-state index < -0.39 is 26.6 Å². The van der Waals surface area contributed by atoms with Crippen LogP contribution in [0.25, 0.3) is 11.0 Å². The largest absolute Gasteiger partial charge is 0.444 e. The Labute approximate surface area is 208 Å². The van der Waals surface area contributed by atoms with E-state index in [1.165, 1.54) is 24.4 Å². The van der Waals surface area contributed by atoms with Gasteiger partial charge in [-0.05, 0) is 52.3 Å². The number of carbonyl (C=O) groups is 1. The van der Waals surface area contributed by atoms with Gasteiger partial charge in [-0.1, -0.05) is 17.7 Å². The molecule has 1 aliphatic heterocycles. The molecule has 0 radical (unpaired) electrons. The molecule has 4 rings (SSSR count). The fraction of sp³-hybridized carbons (Fsp3) is 0.391. The lowest BCUT2D eigenvalue weighted by Gasteiger charge is -2.22. The van der Waals surface area contributed by atoms with Crippen LogP contribution in [0, 0.1) is 17.0 Å². The minimum Gasteiger partial charge on any atom is -0.444 e. The Kier molecular flexibility index (Phi) is 6.62. The number of amides is 1. The fourth-order valence-electron chi connectivity index (χ4n) is 3.94. The van der Waals surface area contributed by atoms with Crippen LogP contribution in [0.15, 0.2) is 47.6 Å². The van der Waals surface area contributed by atoms with Crippen LogP contribution in [0.2, 0.25) is 0 Å². The number of anilines is 1. The van der Waals surface area contributed by atoms with E-state index in [0.717, 1.165) is 15.7 Å². The van der Waals surface area contributed by atoms with Gasteiger partial charge in [0, 0.05) is 25.3 Å². The Hall–Kier alpha value is -3.71. The molecular weight excluding hydrogens is 488 g/mol. The number of ether oxygens (including phenoxy) is 1. The monoisotopic (exact) mass is 516 g/mol. The van der Waals surface area contributed by atoms with Gasteiger partial charge in [-0.25, -0.2) is 27.2 Å². The number of rotatable bonds is 6. The highest BCUT2D eigenvalue weighted by molar-refractivity contribution is 7.90. The van der Waals surface area contributed by atoms with Gasteiger partial charge in [0.1, 0.15) is 17.5 Å². The Morgan fingerprint density at radius 3 is 2.56 bits per heavy atom. The maximum absolute atomic E-state index is 13.2. The van der Waals surface area contributed by atoms with Crippen molar-refractivity contribution in [3.05, 3.63) is 58.4 Å². The third-order valence-corrected chi connectivity index (χ3v) is 7.29. The van der Waals surface area contributed by atoms with Crippen molar-refractivity contribution in [1.29, 1.82) is 0 Å². The van der Waals surface area contributed by atoms with Crippen LogP contribution >= 0.6 is 0 Å². The second kappa shape index (κ2) is 9.39. The number of nitrogens with zero attached hydrogens (tertiary/aromatic N) is 4. The quantitative estimate of drug-likeness (QED) is 0.371. The Bertz CT molecular complexity index is 1410. The van der Waals surface area contributed by atoms with E-state index in [0.29, 0.717) is 19.5 Å². The van der Waals surface area contributed by atoms with Gasteiger partial charge in [-0.3, -0.25) is 10.1 Å². The van der Waals surface area contributed by atoms with Gasteiger partial charge in [0.05, 0.1) is 15.2 Å². The summed E-state index contributed by atoms with van der Waals surface area (Å²) in [6.07, 6.45) is 2.43. The number of alkyl carbamates (subject to hydrolysis) is 1. The van der Waals surface area contributed by atoms with E-state index in [1.54, 1.807) is 37.9 Å². The molecule has 2 aromatic heterocycles. The summed E-state index contributed by atoms with van der Waals surface area (Å²) >= 11 is 0. The van der Waals surface area contributed by atoms with Gasteiger partial charge in [0.15, 0.2) is 5.65 Å². The summed E-state index contributed by atoms with van der Waals surface area (Å²) < 4.78 is 32.8.